The molecule has 1 atom stereocenters. The molecule has 26 heavy (non-hydrogen) atoms. The highest BCUT2D eigenvalue weighted by molar-refractivity contribution is 7.91. The van der Waals surface area contributed by atoms with Crippen LogP contribution in [0.25, 0.3) is 0 Å². The fourth-order valence-electron chi connectivity index (χ4n) is 3.02. The fraction of sp³-hybridized carbons (Fsp3) is 0.529. The van der Waals surface area contributed by atoms with E-state index in [0.717, 1.165) is 0 Å². The fourth-order valence-corrected chi connectivity index (χ4v) is 4.75. The molecule has 0 aromatic heterocycles. The molecule has 144 valence electrons. The van der Waals surface area contributed by atoms with Crippen LogP contribution in [0.3, 0.4) is 0 Å². The topological polar surface area (TPSA) is 102 Å². The van der Waals surface area contributed by atoms with Crippen molar-refractivity contribution in [3.8, 4) is 11.5 Å². The summed E-state index contributed by atoms with van der Waals surface area (Å²) >= 11 is 0. The third kappa shape index (κ3) is 4.87. The molecule has 0 bridgehead atoms. The Labute approximate surface area is 153 Å². The molecule has 0 saturated carbocycles. The number of benzene rings is 1. The van der Waals surface area contributed by atoms with Gasteiger partial charge in [-0.25, -0.2) is 8.42 Å². The van der Waals surface area contributed by atoms with Crippen LogP contribution in [0.2, 0.25) is 0 Å². The van der Waals surface area contributed by atoms with Crippen LogP contribution in [0.1, 0.15) is 19.8 Å². The van der Waals surface area contributed by atoms with E-state index in [1.807, 2.05) is 0 Å². The van der Waals surface area contributed by atoms with Gasteiger partial charge in [0.05, 0.1) is 25.7 Å². The number of nitrogens with zero attached hydrogens (tertiary/aromatic N) is 1. The van der Waals surface area contributed by atoms with Gasteiger partial charge in [0.2, 0.25) is 11.8 Å². The Kier molecular flexibility index (Phi) is 6.47. The van der Waals surface area contributed by atoms with Gasteiger partial charge in [-0.1, -0.05) is 0 Å². The van der Waals surface area contributed by atoms with E-state index in [4.69, 9.17) is 9.47 Å². The number of sulfone groups is 1. The van der Waals surface area contributed by atoms with Crippen LogP contribution >= 0.6 is 0 Å². The summed E-state index contributed by atoms with van der Waals surface area (Å²) in [5, 5.41) is 2.64. The number of amides is 2. The minimum absolute atomic E-state index is 0.0378. The lowest BCUT2D eigenvalue weighted by atomic mass is 10.2. The molecule has 1 N–H and O–H groups in total. The van der Waals surface area contributed by atoms with Crippen LogP contribution in [0.4, 0.5) is 5.69 Å². The minimum Gasteiger partial charge on any atom is -0.493 e. The molecule has 2 amide bonds. The first kappa shape index (κ1) is 20.0. The number of ether oxygens (including phenoxy) is 2. The molecule has 8 nitrogen and oxygen atoms in total. The second-order valence-electron chi connectivity index (χ2n) is 6.03. The van der Waals surface area contributed by atoms with E-state index in [9.17, 15) is 18.0 Å². The molecular weight excluding hydrogens is 360 g/mol. The Morgan fingerprint density at radius 1 is 1.23 bits per heavy atom. The Morgan fingerprint density at radius 2 is 1.92 bits per heavy atom. The predicted octanol–water partition coefficient (Wildman–Crippen LogP) is 1.07. The molecule has 1 unspecified atom stereocenters. The highest BCUT2D eigenvalue weighted by atomic mass is 32.2. The molecule has 0 radical (unpaired) electrons. The standard InChI is InChI=1S/C17H24N2O6S/c1-4-19(13-7-8-26(22,23)11-13)17(21)10-16(20)18-12-5-6-14(24-2)15(9-12)25-3/h5-6,9,13H,4,7-8,10-11H2,1-3H3,(H,18,20). The molecule has 9 heteroatoms. The van der Waals surface area contributed by atoms with Crippen LogP contribution in [0, 0.1) is 0 Å². The van der Waals surface area contributed by atoms with Crippen molar-refractivity contribution in [2.75, 3.05) is 37.6 Å². The van der Waals surface area contributed by atoms with Gasteiger partial charge in [0, 0.05) is 24.3 Å². The number of hydrogen-bond donors (Lipinski definition) is 1. The molecule has 1 aliphatic rings. The van der Waals surface area contributed by atoms with Crippen LogP contribution < -0.4 is 14.8 Å². The van der Waals surface area contributed by atoms with E-state index in [0.29, 0.717) is 30.2 Å². The molecular formula is C17H24N2O6S. The summed E-state index contributed by atoms with van der Waals surface area (Å²) in [5.74, 6) is 0.182. The molecule has 1 heterocycles. The lowest BCUT2D eigenvalue weighted by molar-refractivity contribution is -0.135. The van der Waals surface area contributed by atoms with Crippen LogP contribution in [0.15, 0.2) is 18.2 Å². The van der Waals surface area contributed by atoms with Gasteiger partial charge in [0.1, 0.15) is 6.42 Å². The number of hydrogen-bond acceptors (Lipinski definition) is 6. The van der Waals surface area contributed by atoms with Crippen molar-refractivity contribution >= 4 is 27.3 Å². The average Bonchev–Trinajstić information content (AvgIpc) is 2.94. The quantitative estimate of drug-likeness (QED) is 0.706. The highest BCUT2D eigenvalue weighted by Crippen LogP contribution is 2.29. The third-order valence-corrected chi connectivity index (χ3v) is 6.04. The zero-order chi connectivity index (χ0) is 19.3. The monoisotopic (exact) mass is 384 g/mol. The number of anilines is 1. The normalized spacial score (nSPS) is 18.2. The number of nitrogens with one attached hydrogen (secondary N) is 1. The maximum absolute atomic E-state index is 12.4. The Morgan fingerprint density at radius 3 is 2.46 bits per heavy atom. The number of rotatable bonds is 7. The molecule has 2 rings (SSSR count). The van der Waals surface area contributed by atoms with Gasteiger partial charge in [-0.2, -0.15) is 0 Å². The lowest BCUT2D eigenvalue weighted by Crippen LogP contribution is -2.42. The van der Waals surface area contributed by atoms with Gasteiger partial charge in [0.15, 0.2) is 21.3 Å². The van der Waals surface area contributed by atoms with Crippen LogP contribution in [-0.2, 0) is 19.4 Å². The smallest absolute Gasteiger partial charge is 0.233 e. The average molecular weight is 384 g/mol. The largest absolute Gasteiger partial charge is 0.493 e. The van der Waals surface area contributed by atoms with Gasteiger partial charge in [-0.3, -0.25) is 9.59 Å². The first-order valence-electron chi connectivity index (χ1n) is 8.31. The van der Waals surface area contributed by atoms with Crippen molar-refractivity contribution in [3.05, 3.63) is 18.2 Å². The van der Waals surface area contributed by atoms with Gasteiger partial charge in [-0.15, -0.1) is 0 Å². The summed E-state index contributed by atoms with van der Waals surface area (Å²) in [6.45, 7) is 2.14. The first-order chi connectivity index (χ1) is 12.3. The zero-order valence-corrected chi connectivity index (χ0v) is 16.0. The molecule has 0 aliphatic carbocycles. The molecule has 1 aromatic carbocycles. The van der Waals surface area contributed by atoms with Crippen molar-refractivity contribution in [2.24, 2.45) is 0 Å². The van der Waals surface area contributed by atoms with Crippen molar-refractivity contribution in [1.82, 2.24) is 4.90 Å². The minimum atomic E-state index is -3.10. The highest BCUT2D eigenvalue weighted by Gasteiger charge is 2.34. The van der Waals surface area contributed by atoms with Crippen molar-refractivity contribution in [1.29, 1.82) is 0 Å². The van der Waals surface area contributed by atoms with E-state index < -0.39 is 15.7 Å². The second kappa shape index (κ2) is 8.39. The number of carbonyl (C=O) groups excluding carboxylic acids is 2. The van der Waals surface area contributed by atoms with Gasteiger partial charge in [-0.05, 0) is 25.5 Å². The summed E-state index contributed by atoms with van der Waals surface area (Å²) in [7, 11) is -0.0965. The molecule has 0 spiro atoms. The van der Waals surface area contributed by atoms with Gasteiger partial charge < -0.3 is 19.7 Å². The van der Waals surface area contributed by atoms with E-state index in [-0.39, 0.29) is 29.9 Å². The first-order valence-corrected chi connectivity index (χ1v) is 10.1. The summed E-state index contributed by atoms with van der Waals surface area (Å²) in [6, 6.07) is 4.54. The molecule has 1 aliphatic heterocycles. The maximum atomic E-state index is 12.4. The Balaban J connectivity index is 1.99. The summed E-state index contributed by atoms with van der Waals surface area (Å²) in [4.78, 5) is 26.1. The van der Waals surface area contributed by atoms with Crippen LogP contribution in [-0.4, -0.2) is 63.4 Å². The van der Waals surface area contributed by atoms with E-state index in [1.54, 1.807) is 25.1 Å². The predicted molar refractivity (Wildman–Crippen MR) is 97.2 cm³/mol. The van der Waals surface area contributed by atoms with Gasteiger partial charge >= 0.3 is 0 Å². The lowest BCUT2D eigenvalue weighted by Gasteiger charge is -2.26. The second-order valence-corrected chi connectivity index (χ2v) is 8.26. The summed E-state index contributed by atoms with van der Waals surface area (Å²) in [5.41, 5.74) is 0.479. The maximum Gasteiger partial charge on any atom is 0.233 e. The van der Waals surface area contributed by atoms with E-state index in [1.165, 1.54) is 19.1 Å². The zero-order valence-electron chi connectivity index (χ0n) is 15.1. The Hall–Kier alpha value is -2.29. The number of carbonyl (C=O) groups is 2. The molecule has 1 saturated heterocycles. The number of methoxy groups -OCH3 is 2. The summed E-state index contributed by atoms with van der Waals surface area (Å²) in [6.07, 6.45) is 0.0674. The van der Waals surface area contributed by atoms with Crippen molar-refractivity contribution in [2.45, 2.75) is 25.8 Å². The molecule has 1 fully saturated rings. The Bertz CT molecular complexity index is 777. The van der Waals surface area contributed by atoms with Crippen LogP contribution in [0.5, 0.6) is 11.5 Å². The van der Waals surface area contributed by atoms with Crippen molar-refractivity contribution < 1.29 is 27.5 Å². The van der Waals surface area contributed by atoms with E-state index in [2.05, 4.69) is 5.32 Å². The van der Waals surface area contributed by atoms with Gasteiger partial charge in [0.25, 0.3) is 0 Å². The van der Waals surface area contributed by atoms with Crippen molar-refractivity contribution in [3.63, 3.8) is 0 Å². The third-order valence-electron chi connectivity index (χ3n) is 4.29. The van der Waals surface area contributed by atoms with E-state index >= 15 is 0 Å². The molecule has 1 aromatic rings. The SMILES string of the molecule is CCN(C(=O)CC(=O)Nc1ccc(OC)c(OC)c1)C1CCS(=O)(=O)C1. The summed E-state index contributed by atoms with van der Waals surface area (Å²) < 4.78 is 33.5.